The third-order valence-corrected chi connectivity index (χ3v) is 7.01. The normalized spacial score (nSPS) is 19.0. The van der Waals surface area contributed by atoms with E-state index in [2.05, 4.69) is 26.4 Å². The first-order valence-electron chi connectivity index (χ1n) is 11.0. The molecule has 1 heterocycles. The summed E-state index contributed by atoms with van der Waals surface area (Å²) in [6, 6.07) is 6.87. The van der Waals surface area contributed by atoms with Gasteiger partial charge in [0, 0.05) is 34.4 Å². The van der Waals surface area contributed by atoms with Gasteiger partial charge in [-0.05, 0) is 54.2 Å². The Bertz CT molecular complexity index is 1180. The van der Waals surface area contributed by atoms with Crippen LogP contribution < -0.4 is 5.32 Å². The van der Waals surface area contributed by atoms with Crippen LogP contribution in [0.15, 0.2) is 46.0 Å². The molecule has 1 aliphatic heterocycles. The zero-order valence-corrected chi connectivity index (χ0v) is 20.9. The molecular weight excluding hydrogens is 578 g/mol. The maximum atomic E-state index is 14.0. The molecule has 0 saturated heterocycles. The molecule has 2 aliphatic rings. The number of oxime groups is 1. The Hall–Kier alpha value is -2.27. The maximum absolute atomic E-state index is 14.0. The van der Waals surface area contributed by atoms with Crippen molar-refractivity contribution in [2.75, 3.05) is 0 Å². The molecule has 0 spiro atoms. The molecular formula is C24H20BrClF6N2O2. The molecule has 2 unspecified atom stereocenters. The zero-order valence-electron chi connectivity index (χ0n) is 18.5. The number of halogens is 8. The number of hydrogen-bond acceptors (Lipinski definition) is 3. The molecule has 1 fully saturated rings. The Kier molecular flexibility index (Phi) is 7.62. The lowest BCUT2D eigenvalue weighted by molar-refractivity contribution is -0.176. The van der Waals surface area contributed by atoms with Gasteiger partial charge in [0.2, 0.25) is 5.91 Å². The third kappa shape index (κ3) is 6.53. The molecule has 2 aromatic carbocycles. The van der Waals surface area contributed by atoms with Crippen LogP contribution in [-0.2, 0) is 22.4 Å². The SMILES string of the molecule is O=C(CC1CC1)NCc1ccc(C2=NOC(C(c3cc(Cl)cc(C(F)(F)F)c3)C(F)(F)F)C2)cc1Br. The quantitative estimate of drug-likeness (QED) is 0.339. The average molecular weight is 598 g/mol. The van der Waals surface area contributed by atoms with Gasteiger partial charge >= 0.3 is 12.4 Å². The lowest BCUT2D eigenvalue weighted by Crippen LogP contribution is -2.32. The van der Waals surface area contributed by atoms with E-state index in [1.165, 1.54) is 0 Å². The number of carbonyl (C=O) groups excluding carboxylic acids is 1. The molecule has 1 saturated carbocycles. The van der Waals surface area contributed by atoms with E-state index in [1.54, 1.807) is 18.2 Å². The van der Waals surface area contributed by atoms with E-state index in [9.17, 15) is 31.1 Å². The summed E-state index contributed by atoms with van der Waals surface area (Å²) in [5, 5.41) is 6.17. The van der Waals surface area contributed by atoms with Crippen molar-refractivity contribution in [1.29, 1.82) is 0 Å². The van der Waals surface area contributed by atoms with Crippen LogP contribution in [0.4, 0.5) is 26.3 Å². The van der Waals surface area contributed by atoms with Crippen LogP contribution in [-0.4, -0.2) is 23.9 Å². The van der Waals surface area contributed by atoms with E-state index in [1.807, 2.05) is 0 Å². The second-order valence-electron chi connectivity index (χ2n) is 8.91. The fourth-order valence-electron chi connectivity index (χ4n) is 4.04. The van der Waals surface area contributed by atoms with Crippen molar-refractivity contribution in [3.05, 3.63) is 68.1 Å². The third-order valence-electron chi connectivity index (χ3n) is 6.06. The number of amides is 1. The first-order valence-corrected chi connectivity index (χ1v) is 12.2. The van der Waals surface area contributed by atoms with E-state index in [0.29, 0.717) is 34.5 Å². The van der Waals surface area contributed by atoms with Gasteiger partial charge in [0.1, 0.15) is 12.0 Å². The van der Waals surface area contributed by atoms with Crippen molar-refractivity contribution < 1.29 is 36.0 Å². The highest BCUT2D eigenvalue weighted by molar-refractivity contribution is 9.10. The van der Waals surface area contributed by atoms with Crippen molar-refractivity contribution in [3.63, 3.8) is 0 Å². The van der Waals surface area contributed by atoms with E-state index in [-0.39, 0.29) is 24.6 Å². The lowest BCUT2D eigenvalue weighted by atomic mass is 9.88. The van der Waals surface area contributed by atoms with Gasteiger partial charge < -0.3 is 10.2 Å². The number of hydrogen-bond donors (Lipinski definition) is 1. The molecule has 194 valence electrons. The highest BCUT2D eigenvalue weighted by atomic mass is 79.9. The summed E-state index contributed by atoms with van der Waals surface area (Å²) in [7, 11) is 0. The molecule has 0 radical (unpaired) electrons. The summed E-state index contributed by atoms with van der Waals surface area (Å²) in [6.07, 6.45) is -9.00. The molecule has 2 aromatic rings. The van der Waals surface area contributed by atoms with Gasteiger partial charge in [0.05, 0.1) is 11.3 Å². The van der Waals surface area contributed by atoms with Crippen molar-refractivity contribution >= 4 is 39.1 Å². The van der Waals surface area contributed by atoms with E-state index in [0.717, 1.165) is 24.5 Å². The molecule has 1 amide bonds. The van der Waals surface area contributed by atoms with Gasteiger partial charge in [-0.2, -0.15) is 26.3 Å². The van der Waals surface area contributed by atoms with Gasteiger partial charge in [-0.25, -0.2) is 0 Å². The largest absolute Gasteiger partial charge is 0.416 e. The van der Waals surface area contributed by atoms with Crippen LogP contribution in [0.1, 0.15) is 53.9 Å². The van der Waals surface area contributed by atoms with Gasteiger partial charge in [-0.3, -0.25) is 4.79 Å². The molecule has 4 rings (SSSR count). The summed E-state index contributed by atoms with van der Waals surface area (Å²) in [5.41, 5.74) is -0.451. The summed E-state index contributed by atoms with van der Waals surface area (Å²) >= 11 is 9.12. The average Bonchev–Trinajstić information content (AvgIpc) is 3.44. The van der Waals surface area contributed by atoms with Crippen LogP contribution >= 0.6 is 27.5 Å². The molecule has 12 heteroatoms. The Morgan fingerprint density at radius 2 is 1.86 bits per heavy atom. The monoisotopic (exact) mass is 596 g/mol. The van der Waals surface area contributed by atoms with E-state index >= 15 is 0 Å². The van der Waals surface area contributed by atoms with E-state index in [4.69, 9.17) is 16.4 Å². The highest BCUT2D eigenvalue weighted by Crippen LogP contribution is 2.44. The molecule has 0 bridgehead atoms. The minimum atomic E-state index is -4.91. The predicted octanol–water partition coefficient (Wildman–Crippen LogP) is 7.38. The summed E-state index contributed by atoms with van der Waals surface area (Å²) in [5.74, 6) is -1.96. The highest BCUT2D eigenvalue weighted by Gasteiger charge is 2.50. The predicted molar refractivity (Wildman–Crippen MR) is 125 cm³/mol. The molecule has 36 heavy (non-hydrogen) atoms. The van der Waals surface area contributed by atoms with Gasteiger partial charge in [0.25, 0.3) is 0 Å². The number of rotatable bonds is 7. The van der Waals surface area contributed by atoms with Gasteiger partial charge in [-0.15, -0.1) is 0 Å². The van der Waals surface area contributed by atoms with Gasteiger partial charge in [-0.1, -0.05) is 44.8 Å². The molecule has 1 aliphatic carbocycles. The molecule has 4 nitrogen and oxygen atoms in total. The Morgan fingerprint density at radius 1 is 1.14 bits per heavy atom. The van der Waals surface area contributed by atoms with Crippen LogP contribution in [0.25, 0.3) is 0 Å². The first-order chi connectivity index (χ1) is 16.8. The fraction of sp³-hybridized carbons (Fsp3) is 0.417. The van der Waals surface area contributed by atoms with Crippen molar-refractivity contribution in [2.24, 2.45) is 11.1 Å². The summed E-state index contributed by atoms with van der Waals surface area (Å²) in [4.78, 5) is 17.0. The van der Waals surface area contributed by atoms with E-state index < -0.39 is 40.5 Å². The van der Waals surface area contributed by atoms with Gasteiger partial charge in [0.15, 0.2) is 0 Å². The number of nitrogens with zero attached hydrogens (tertiary/aromatic N) is 1. The first kappa shape index (κ1) is 26.8. The smallest absolute Gasteiger partial charge is 0.391 e. The van der Waals surface area contributed by atoms with Crippen LogP contribution in [0.5, 0.6) is 0 Å². The number of carbonyl (C=O) groups is 1. The summed E-state index contributed by atoms with van der Waals surface area (Å²) < 4.78 is 82.1. The fourth-order valence-corrected chi connectivity index (χ4v) is 4.80. The van der Waals surface area contributed by atoms with Crippen LogP contribution in [0, 0.1) is 5.92 Å². The Balaban J connectivity index is 1.49. The molecule has 0 aromatic heterocycles. The van der Waals surface area contributed by atoms with Crippen LogP contribution in [0.3, 0.4) is 0 Å². The maximum Gasteiger partial charge on any atom is 0.416 e. The second kappa shape index (κ2) is 10.2. The Labute approximate surface area is 216 Å². The standard InChI is InChI=1S/C24H20BrClF6N2O2/c25-18-8-13(3-4-14(18)11-33-21(35)5-12-1-2-12)19-10-20(36-34-19)22(24(30,31)32)15-6-16(23(27,28)29)9-17(26)7-15/h3-4,6-9,12,20,22H,1-2,5,10-11H2,(H,33,35). The van der Waals surface area contributed by atoms with Crippen molar-refractivity contribution in [2.45, 2.75) is 56.6 Å². The number of nitrogens with one attached hydrogen (secondary N) is 1. The second-order valence-corrected chi connectivity index (χ2v) is 10.2. The molecule has 1 N–H and O–H groups in total. The molecule has 2 atom stereocenters. The van der Waals surface area contributed by atoms with Crippen LogP contribution in [0.2, 0.25) is 5.02 Å². The number of benzene rings is 2. The lowest BCUT2D eigenvalue weighted by Gasteiger charge is -2.25. The van der Waals surface area contributed by atoms with Crippen molar-refractivity contribution in [3.8, 4) is 0 Å². The minimum Gasteiger partial charge on any atom is -0.391 e. The van der Waals surface area contributed by atoms with Crippen molar-refractivity contribution in [1.82, 2.24) is 5.32 Å². The summed E-state index contributed by atoms with van der Waals surface area (Å²) in [6.45, 7) is 0.282. The Morgan fingerprint density at radius 3 is 2.47 bits per heavy atom. The topological polar surface area (TPSA) is 50.7 Å². The number of alkyl halides is 6. The minimum absolute atomic E-state index is 0.0437. The zero-order chi connectivity index (χ0) is 26.3.